The van der Waals surface area contributed by atoms with Crippen LogP contribution in [0.4, 0.5) is 0 Å². The summed E-state index contributed by atoms with van der Waals surface area (Å²) >= 11 is 0. The van der Waals surface area contributed by atoms with Gasteiger partial charge in [-0.05, 0) is 5.21 Å². The molecule has 2 aromatic rings. The second-order valence-electron chi connectivity index (χ2n) is 3.97. The van der Waals surface area contributed by atoms with Gasteiger partial charge in [0.2, 0.25) is 0 Å². The minimum atomic E-state index is -0.0214. The second kappa shape index (κ2) is 2.48. The summed E-state index contributed by atoms with van der Waals surface area (Å²) in [6.07, 6.45) is 3.18. The van der Waals surface area contributed by atoms with E-state index in [1.165, 1.54) is 11.0 Å². The molecular weight excluding hydrogens is 166 g/mol. The molecule has 0 atom stereocenters. The van der Waals surface area contributed by atoms with E-state index in [9.17, 15) is 0 Å². The molecule has 2 rings (SSSR count). The Kier molecular flexibility index (Phi) is 1.55. The van der Waals surface area contributed by atoms with Gasteiger partial charge in [-0.2, -0.15) is 0 Å². The maximum atomic E-state index is 4.08. The van der Waals surface area contributed by atoms with Crippen LogP contribution in [0.15, 0.2) is 12.5 Å². The zero-order chi connectivity index (χ0) is 9.47. The molecule has 0 radical (unpaired) electrons. The number of aromatic nitrogens is 5. The summed E-state index contributed by atoms with van der Waals surface area (Å²) < 4.78 is 1.49. The quantitative estimate of drug-likeness (QED) is 0.597. The Morgan fingerprint density at radius 1 is 1.31 bits per heavy atom. The molecule has 0 bridgehead atoms. The van der Waals surface area contributed by atoms with Gasteiger partial charge >= 0.3 is 0 Å². The molecule has 0 fully saturated rings. The highest BCUT2D eigenvalue weighted by atomic mass is 15.5. The molecule has 2 heterocycles. The summed E-state index contributed by atoms with van der Waals surface area (Å²) in [6.45, 7) is 6.26. The van der Waals surface area contributed by atoms with Gasteiger partial charge in [0.05, 0.1) is 11.9 Å². The van der Waals surface area contributed by atoms with Crippen molar-refractivity contribution in [2.45, 2.75) is 26.2 Å². The third-order valence-corrected chi connectivity index (χ3v) is 1.82. The first-order chi connectivity index (χ1) is 6.09. The van der Waals surface area contributed by atoms with Crippen LogP contribution < -0.4 is 0 Å². The molecule has 13 heavy (non-hydrogen) atoms. The van der Waals surface area contributed by atoms with E-state index in [1.807, 2.05) is 0 Å². The minimum Gasteiger partial charge on any atom is -0.241 e. The molecule has 0 amide bonds. The zero-order valence-corrected chi connectivity index (χ0v) is 7.89. The first kappa shape index (κ1) is 8.10. The molecule has 0 unspecified atom stereocenters. The Morgan fingerprint density at radius 3 is 2.77 bits per heavy atom. The maximum absolute atomic E-state index is 4.08. The van der Waals surface area contributed by atoms with E-state index in [-0.39, 0.29) is 5.41 Å². The van der Waals surface area contributed by atoms with E-state index in [0.717, 1.165) is 11.2 Å². The molecule has 0 aromatic carbocycles. The van der Waals surface area contributed by atoms with Crippen molar-refractivity contribution in [1.82, 2.24) is 25.0 Å². The van der Waals surface area contributed by atoms with Crippen molar-refractivity contribution in [2.24, 2.45) is 0 Å². The third-order valence-electron chi connectivity index (χ3n) is 1.82. The molecule has 0 saturated carbocycles. The SMILES string of the molecule is CC(C)(C)c1nnn2ncncc12. The second-order valence-corrected chi connectivity index (χ2v) is 3.97. The van der Waals surface area contributed by atoms with E-state index in [1.54, 1.807) is 6.20 Å². The number of rotatable bonds is 0. The smallest absolute Gasteiger partial charge is 0.138 e. The monoisotopic (exact) mass is 177 g/mol. The lowest BCUT2D eigenvalue weighted by Gasteiger charge is -2.13. The van der Waals surface area contributed by atoms with Crippen LogP contribution >= 0.6 is 0 Å². The van der Waals surface area contributed by atoms with Crippen molar-refractivity contribution < 1.29 is 0 Å². The average Bonchev–Trinajstić information content (AvgIpc) is 2.45. The van der Waals surface area contributed by atoms with Gasteiger partial charge in [-0.15, -0.1) is 14.8 Å². The van der Waals surface area contributed by atoms with Crippen LogP contribution in [-0.2, 0) is 5.41 Å². The van der Waals surface area contributed by atoms with Crippen molar-refractivity contribution in [3.05, 3.63) is 18.2 Å². The van der Waals surface area contributed by atoms with E-state index < -0.39 is 0 Å². The summed E-state index contributed by atoms with van der Waals surface area (Å²) in [5, 5.41) is 11.9. The average molecular weight is 177 g/mol. The summed E-state index contributed by atoms with van der Waals surface area (Å²) in [7, 11) is 0. The molecule has 0 aliphatic carbocycles. The predicted molar refractivity (Wildman–Crippen MR) is 47.3 cm³/mol. The van der Waals surface area contributed by atoms with Gasteiger partial charge in [0, 0.05) is 5.41 Å². The van der Waals surface area contributed by atoms with Gasteiger partial charge < -0.3 is 0 Å². The van der Waals surface area contributed by atoms with Crippen molar-refractivity contribution in [3.8, 4) is 0 Å². The van der Waals surface area contributed by atoms with E-state index in [4.69, 9.17) is 0 Å². The van der Waals surface area contributed by atoms with Gasteiger partial charge in [0.15, 0.2) is 0 Å². The van der Waals surface area contributed by atoms with Gasteiger partial charge in [0.25, 0.3) is 0 Å². The Labute approximate surface area is 75.8 Å². The lowest BCUT2D eigenvalue weighted by molar-refractivity contribution is 0.570. The highest BCUT2D eigenvalue weighted by molar-refractivity contribution is 5.50. The van der Waals surface area contributed by atoms with Crippen LogP contribution in [0.3, 0.4) is 0 Å². The maximum Gasteiger partial charge on any atom is 0.138 e. The summed E-state index contributed by atoms with van der Waals surface area (Å²) in [6, 6.07) is 0. The zero-order valence-electron chi connectivity index (χ0n) is 7.89. The molecular formula is C8H11N5. The van der Waals surface area contributed by atoms with Crippen molar-refractivity contribution in [2.75, 3.05) is 0 Å². The van der Waals surface area contributed by atoms with E-state index >= 15 is 0 Å². The lowest BCUT2D eigenvalue weighted by atomic mass is 9.92. The number of hydrogen-bond acceptors (Lipinski definition) is 4. The van der Waals surface area contributed by atoms with Crippen LogP contribution in [0.2, 0.25) is 0 Å². The highest BCUT2D eigenvalue weighted by Gasteiger charge is 2.21. The number of fused-ring (bicyclic) bond motifs is 1. The Hall–Kier alpha value is -1.52. The van der Waals surface area contributed by atoms with Crippen molar-refractivity contribution in [3.63, 3.8) is 0 Å². The Balaban J connectivity index is 2.72. The fourth-order valence-corrected chi connectivity index (χ4v) is 1.20. The fraction of sp³-hybridized carbons (Fsp3) is 0.500. The summed E-state index contributed by atoms with van der Waals surface area (Å²) in [5.74, 6) is 0. The molecule has 0 aliphatic rings. The normalized spacial score (nSPS) is 12.2. The van der Waals surface area contributed by atoms with Crippen LogP contribution in [-0.4, -0.2) is 25.0 Å². The molecule has 5 nitrogen and oxygen atoms in total. The topological polar surface area (TPSA) is 56.0 Å². The van der Waals surface area contributed by atoms with Gasteiger partial charge in [-0.25, -0.2) is 4.98 Å². The van der Waals surface area contributed by atoms with Gasteiger partial charge in [-0.3, -0.25) is 0 Å². The largest absolute Gasteiger partial charge is 0.241 e. The predicted octanol–water partition coefficient (Wildman–Crippen LogP) is 0.817. The van der Waals surface area contributed by atoms with Crippen LogP contribution in [0.25, 0.3) is 5.52 Å². The first-order valence-electron chi connectivity index (χ1n) is 4.11. The standard InChI is InChI=1S/C8H11N5/c1-8(2,3)7-6-4-9-5-10-13(6)12-11-7/h4-5H,1-3H3. The van der Waals surface area contributed by atoms with Crippen molar-refractivity contribution >= 4 is 5.52 Å². The first-order valence-corrected chi connectivity index (χ1v) is 4.11. The van der Waals surface area contributed by atoms with Crippen LogP contribution in [0.1, 0.15) is 26.5 Å². The van der Waals surface area contributed by atoms with Crippen LogP contribution in [0.5, 0.6) is 0 Å². The molecule has 0 spiro atoms. The van der Waals surface area contributed by atoms with Crippen molar-refractivity contribution in [1.29, 1.82) is 0 Å². The molecule has 68 valence electrons. The third kappa shape index (κ3) is 1.26. The molecule has 0 N–H and O–H groups in total. The molecule has 0 aliphatic heterocycles. The van der Waals surface area contributed by atoms with E-state index in [0.29, 0.717) is 0 Å². The minimum absolute atomic E-state index is 0.0214. The fourth-order valence-electron chi connectivity index (χ4n) is 1.20. The van der Waals surface area contributed by atoms with Crippen LogP contribution in [0, 0.1) is 0 Å². The van der Waals surface area contributed by atoms with E-state index in [2.05, 4.69) is 41.2 Å². The molecule has 0 saturated heterocycles. The highest BCUT2D eigenvalue weighted by Crippen LogP contribution is 2.22. The Bertz CT molecular complexity index is 425. The summed E-state index contributed by atoms with van der Waals surface area (Å²) in [5.41, 5.74) is 1.77. The van der Waals surface area contributed by atoms with Gasteiger partial charge in [0.1, 0.15) is 11.8 Å². The number of hydrogen-bond donors (Lipinski definition) is 0. The summed E-state index contributed by atoms with van der Waals surface area (Å²) in [4.78, 5) is 3.95. The molecule has 5 heteroatoms. The molecule has 2 aromatic heterocycles. The van der Waals surface area contributed by atoms with Gasteiger partial charge in [-0.1, -0.05) is 20.8 Å². The number of nitrogens with zero attached hydrogens (tertiary/aromatic N) is 5. The Morgan fingerprint density at radius 2 is 2.08 bits per heavy atom. The lowest BCUT2D eigenvalue weighted by Crippen LogP contribution is -2.12.